The molecule has 0 radical (unpaired) electrons. The van der Waals surface area contributed by atoms with Gasteiger partial charge in [-0.15, -0.1) is 0 Å². The molecule has 1 heterocycles. The Balaban J connectivity index is 2.70. The number of rotatable bonds is 2. The average molecular weight is 157 g/mol. The number of aliphatic hydroxyl groups is 1. The van der Waals surface area contributed by atoms with Crippen LogP contribution in [0, 0.1) is 5.92 Å². The molecule has 1 aliphatic rings. The van der Waals surface area contributed by atoms with Gasteiger partial charge in [-0.25, -0.2) is 0 Å². The number of likely N-dealkylation sites (N-methyl/N-ethyl adjacent to an activating group) is 1. The summed E-state index contributed by atoms with van der Waals surface area (Å²) in [7, 11) is 0. The largest absolute Gasteiger partial charge is 0.394 e. The first-order chi connectivity index (χ1) is 5.15. The Kier molecular flexibility index (Phi) is 2.55. The third-order valence-electron chi connectivity index (χ3n) is 3.32. The summed E-state index contributed by atoms with van der Waals surface area (Å²) in [6, 6.07) is 0. The van der Waals surface area contributed by atoms with Crippen LogP contribution in [0.1, 0.15) is 27.2 Å². The average Bonchev–Trinajstić information content (AvgIpc) is 2.30. The highest BCUT2D eigenvalue weighted by Crippen LogP contribution is 2.33. The summed E-state index contributed by atoms with van der Waals surface area (Å²) in [5.74, 6) is 0.632. The molecule has 0 aromatic carbocycles. The molecule has 1 saturated heterocycles. The van der Waals surface area contributed by atoms with E-state index in [0.29, 0.717) is 12.5 Å². The molecule has 1 rings (SSSR count). The lowest BCUT2D eigenvalue weighted by molar-refractivity contribution is 0.0581. The van der Waals surface area contributed by atoms with Crippen molar-refractivity contribution in [3.05, 3.63) is 0 Å². The zero-order chi connectivity index (χ0) is 8.48. The molecule has 0 aliphatic carbocycles. The maximum Gasteiger partial charge on any atom is 0.0615 e. The molecule has 11 heavy (non-hydrogen) atoms. The van der Waals surface area contributed by atoms with Crippen LogP contribution in [0.15, 0.2) is 0 Å². The van der Waals surface area contributed by atoms with Crippen LogP contribution in [0.2, 0.25) is 0 Å². The molecule has 0 unspecified atom stereocenters. The van der Waals surface area contributed by atoms with Crippen LogP contribution < -0.4 is 0 Å². The predicted octanol–water partition coefficient (Wildman–Crippen LogP) is 1.10. The summed E-state index contributed by atoms with van der Waals surface area (Å²) in [4.78, 5) is 2.37. The highest BCUT2D eigenvalue weighted by Gasteiger charge is 2.40. The van der Waals surface area contributed by atoms with E-state index in [9.17, 15) is 5.11 Å². The van der Waals surface area contributed by atoms with E-state index in [4.69, 9.17) is 0 Å². The fourth-order valence-corrected chi connectivity index (χ4v) is 2.00. The van der Waals surface area contributed by atoms with Gasteiger partial charge < -0.3 is 5.11 Å². The van der Waals surface area contributed by atoms with Crippen molar-refractivity contribution in [3.8, 4) is 0 Å². The van der Waals surface area contributed by atoms with E-state index in [1.54, 1.807) is 0 Å². The van der Waals surface area contributed by atoms with Gasteiger partial charge in [-0.1, -0.05) is 13.8 Å². The molecule has 0 saturated carbocycles. The zero-order valence-corrected chi connectivity index (χ0v) is 7.80. The second-order valence-corrected chi connectivity index (χ2v) is 3.78. The molecule has 1 aliphatic heterocycles. The Labute approximate surface area is 69.2 Å². The topological polar surface area (TPSA) is 23.5 Å². The Morgan fingerprint density at radius 2 is 2.27 bits per heavy atom. The van der Waals surface area contributed by atoms with Crippen LogP contribution in [-0.4, -0.2) is 35.2 Å². The Hall–Kier alpha value is -0.0800. The number of aliphatic hydroxyl groups excluding tert-OH is 1. The van der Waals surface area contributed by atoms with Gasteiger partial charge in [-0.3, -0.25) is 4.90 Å². The minimum absolute atomic E-state index is 0.0503. The van der Waals surface area contributed by atoms with Gasteiger partial charge in [0, 0.05) is 5.54 Å². The highest BCUT2D eigenvalue weighted by atomic mass is 16.3. The lowest BCUT2D eigenvalue weighted by atomic mass is 9.89. The predicted molar refractivity (Wildman–Crippen MR) is 46.5 cm³/mol. The molecule has 2 atom stereocenters. The molecular weight excluding hydrogens is 138 g/mol. The lowest BCUT2D eigenvalue weighted by Crippen LogP contribution is -2.47. The van der Waals surface area contributed by atoms with Crippen molar-refractivity contribution >= 4 is 0 Å². The summed E-state index contributed by atoms with van der Waals surface area (Å²) in [5.41, 5.74) is 0.0503. The maximum absolute atomic E-state index is 9.26. The molecule has 0 bridgehead atoms. The third kappa shape index (κ3) is 1.30. The van der Waals surface area contributed by atoms with Crippen molar-refractivity contribution < 1.29 is 5.11 Å². The molecule has 0 amide bonds. The fourth-order valence-electron chi connectivity index (χ4n) is 2.00. The van der Waals surface area contributed by atoms with Crippen LogP contribution in [0.25, 0.3) is 0 Å². The van der Waals surface area contributed by atoms with E-state index in [-0.39, 0.29) is 5.54 Å². The standard InChI is InChI=1S/C9H19NO/c1-4-10-6-5-8(2)9(10,3)7-11/h8,11H,4-7H2,1-3H3/t8-,9-/m0/s1. The van der Waals surface area contributed by atoms with Crippen molar-refractivity contribution in [1.29, 1.82) is 0 Å². The first kappa shape index (κ1) is 9.01. The summed E-state index contributed by atoms with van der Waals surface area (Å²) in [5, 5.41) is 9.26. The van der Waals surface area contributed by atoms with E-state index >= 15 is 0 Å². The van der Waals surface area contributed by atoms with Gasteiger partial charge in [0.05, 0.1) is 6.61 Å². The SMILES string of the molecule is CCN1CC[C@H](C)[C@]1(C)CO. The summed E-state index contributed by atoms with van der Waals surface area (Å²) in [6.45, 7) is 9.05. The number of hydrogen-bond acceptors (Lipinski definition) is 2. The van der Waals surface area contributed by atoms with Gasteiger partial charge in [-0.05, 0) is 32.4 Å². The molecule has 1 N–H and O–H groups in total. The smallest absolute Gasteiger partial charge is 0.0615 e. The van der Waals surface area contributed by atoms with Crippen molar-refractivity contribution in [3.63, 3.8) is 0 Å². The fraction of sp³-hybridized carbons (Fsp3) is 1.00. The summed E-state index contributed by atoms with van der Waals surface area (Å²) >= 11 is 0. The van der Waals surface area contributed by atoms with Gasteiger partial charge in [0.1, 0.15) is 0 Å². The highest BCUT2D eigenvalue weighted by molar-refractivity contribution is 4.95. The zero-order valence-electron chi connectivity index (χ0n) is 7.80. The molecule has 2 heteroatoms. The minimum atomic E-state index is 0.0503. The Morgan fingerprint density at radius 3 is 2.64 bits per heavy atom. The molecule has 66 valence electrons. The van der Waals surface area contributed by atoms with E-state index < -0.39 is 0 Å². The van der Waals surface area contributed by atoms with Crippen molar-refractivity contribution in [2.75, 3.05) is 19.7 Å². The second-order valence-electron chi connectivity index (χ2n) is 3.78. The van der Waals surface area contributed by atoms with Gasteiger partial charge in [0.15, 0.2) is 0 Å². The van der Waals surface area contributed by atoms with Gasteiger partial charge in [0.2, 0.25) is 0 Å². The number of nitrogens with zero attached hydrogens (tertiary/aromatic N) is 1. The first-order valence-corrected chi connectivity index (χ1v) is 4.51. The van der Waals surface area contributed by atoms with E-state index in [0.717, 1.165) is 13.1 Å². The van der Waals surface area contributed by atoms with E-state index in [1.807, 2.05) is 0 Å². The van der Waals surface area contributed by atoms with Crippen molar-refractivity contribution in [1.82, 2.24) is 4.90 Å². The second kappa shape index (κ2) is 3.11. The van der Waals surface area contributed by atoms with Crippen LogP contribution in [0.4, 0.5) is 0 Å². The van der Waals surface area contributed by atoms with Gasteiger partial charge in [-0.2, -0.15) is 0 Å². The quantitative estimate of drug-likeness (QED) is 0.649. The molecular formula is C9H19NO. The van der Waals surface area contributed by atoms with Crippen LogP contribution in [0.5, 0.6) is 0 Å². The van der Waals surface area contributed by atoms with Crippen LogP contribution >= 0.6 is 0 Å². The monoisotopic (exact) mass is 157 g/mol. The summed E-state index contributed by atoms with van der Waals surface area (Å²) < 4.78 is 0. The van der Waals surface area contributed by atoms with Gasteiger partial charge >= 0.3 is 0 Å². The number of likely N-dealkylation sites (tertiary alicyclic amines) is 1. The first-order valence-electron chi connectivity index (χ1n) is 4.51. The number of hydrogen-bond donors (Lipinski definition) is 1. The lowest BCUT2D eigenvalue weighted by Gasteiger charge is -2.35. The van der Waals surface area contributed by atoms with Crippen molar-refractivity contribution in [2.24, 2.45) is 5.92 Å². The third-order valence-corrected chi connectivity index (χ3v) is 3.32. The molecule has 2 nitrogen and oxygen atoms in total. The summed E-state index contributed by atoms with van der Waals surface area (Å²) in [6.07, 6.45) is 1.23. The maximum atomic E-state index is 9.26. The molecule has 0 spiro atoms. The van der Waals surface area contributed by atoms with E-state index in [1.165, 1.54) is 6.42 Å². The molecule has 1 fully saturated rings. The van der Waals surface area contributed by atoms with Crippen LogP contribution in [0.3, 0.4) is 0 Å². The minimum Gasteiger partial charge on any atom is -0.394 e. The Bertz CT molecular complexity index is 138. The normalized spacial score (nSPS) is 39.8. The molecule has 0 aromatic rings. The van der Waals surface area contributed by atoms with Crippen LogP contribution in [-0.2, 0) is 0 Å². The van der Waals surface area contributed by atoms with Gasteiger partial charge in [0.25, 0.3) is 0 Å². The van der Waals surface area contributed by atoms with E-state index in [2.05, 4.69) is 25.7 Å². The van der Waals surface area contributed by atoms with Crippen molar-refractivity contribution in [2.45, 2.75) is 32.7 Å². The molecule has 0 aromatic heterocycles. The Morgan fingerprint density at radius 1 is 1.64 bits per heavy atom.